The highest BCUT2D eigenvalue weighted by Gasteiger charge is 2.40. The van der Waals surface area contributed by atoms with E-state index >= 15 is 0 Å². The number of nitrogens with zero attached hydrogens (tertiary/aromatic N) is 1. The van der Waals surface area contributed by atoms with Crippen molar-refractivity contribution in [3.63, 3.8) is 0 Å². The van der Waals surface area contributed by atoms with E-state index in [1.807, 2.05) is 42.5 Å². The molecule has 1 aliphatic rings. The summed E-state index contributed by atoms with van der Waals surface area (Å²) in [5.74, 6) is 0.649. The molecule has 0 saturated carbocycles. The number of aliphatic hydroxyl groups is 1. The summed E-state index contributed by atoms with van der Waals surface area (Å²) in [6.07, 6.45) is 0.719. The number of amides is 1. The minimum atomic E-state index is -0.346. The second-order valence-electron chi connectivity index (χ2n) is 8.45. The number of ether oxygens (including phenoxy) is 1. The molecule has 0 saturated heterocycles. The van der Waals surface area contributed by atoms with E-state index in [0.717, 1.165) is 28.9 Å². The minimum Gasteiger partial charge on any atom is -0.503 e. The predicted octanol–water partition coefficient (Wildman–Crippen LogP) is 5.91. The van der Waals surface area contributed by atoms with Crippen LogP contribution in [-0.2, 0) is 11.2 Å². The molecule has 0 aliphatic carbocycles. The third kappa shape index (κ3) is 4.26. The topological polar surface area (TPSA) is 49.8 Å². The molecule has 3 aromatic rings. The van der Waals surface area contributed by atoms with E-state index in [1.54, 1.807) is 12.0 Å². The first-order valence-corrected chi connectivity index (χ1v) is 11.0. The van der Waals surface area contributed by atoms with E-state index in [9.17, 15) is 9.90 Å². The smallest absolute Gasteiger partial charge is 0.289 e. The molecule has 0 bridgehead atoms. The number of hydrogen-bond donors (Lipinski definition) is 1. The first-order valence-electron chi connectivity index (χ1n) is 11.0. The first-order chi connectivity index (χ1) is 15.5. The molecule has 0 unspecified atom stereocenters. The van der Waals surface area contributed by atoms with E-state index in [4.69, 9.17) is 4.74 Å². The van der Waals surface area contributed by atoms with Gasteiger partial charge in [0.05, 0.1) is 13.2 Å². The average molecular weight is 428 g/mol. The Balaban J connectivity index is 1.73. The van der Waals surface area contributed by atoms with Crippen LogP contribution in [0.1, 0.15) is 48.1 Å². The molecular weight excluding hydrogens is 398 g/mol. The molecule has 1 atom stereocenters. The van der Waals surface area contributed by atoms with E-state index in [2.05, 4.69) is 50.2 Å². The van der Waals surface area contributed by atoms with Gasteiger partial charge in [-0.2, -0.15) is 0 Å². The highest BCUT2D eigenvalue weighted by atomic mass is 16.5. The predicted molar refractivity (Wildman–Crippen MR) is 128 cm³/mol. The van der Waals surface area contributed by atoms with E-state index in [1.165, 1.54) is 5.56 Å². The SMILES string of the molecule is COc1ccc(C2=C(O)C(=O)N(CCc3ccccc3)[C@@H]2c2ccc(C(C)C)cc2)cc1. The lowest BCUT2D eigenvalue weighted by molar-refractivity contribution is -0.129. The van der Waals surface area contributed by atoms with Crippen molar-refractivity contribution < 1.29 is 14.6 Å². The highest BCUT2D eigenvalue weighted by molar-refractivity contribution is 6.05. The number of benzene rings is 3. The molecule has 4 nitrogen and oxygen atoms in total. The number of methoxy groups -OCH3 is 1. The van der Waals surface area contributed by atoms with Gasteiger partial charge in [0.2, 0.25) is 0 Å². The van der Waals surface area contributed by atoms with Gasteiger partial charge >= 0.3 is 0 Å². The van der Waals surface area contributed by atoms with E-state index in [0.29, 0.717) is 18.0 Å². The Labute approximate surface area is 189 Å². The zero-order valence-corrected chi connectivity index (χ0v) is 18.8. The molecule has 0 aromatic heterocycles. The van der Waals surface area contributed by atoms with Gasteiger partial charge in [0.1, 0.15) is 5.75 Å². The van der Waals surface area contributed by atoms with Gasteiger partial charge in [-0.3, -0.25) is 4.79 Å². The fourth-order valence-corrected chi connectivity index (χ4v) is 4.25. The standard InChI is InChI=1S/C28H29NO3/c1-19(2)21-9-11-23(12-10-21)26-25(22-13-15-24(32-3)16-14-22)27(30)28(31)29(26)18-17-20-7-5-4-6-8-20/h4-16,19,26,30H,17-18H2,1-3H3/t26-/m1/s1. The number of rotatable bonds is 7. The Morgan fingerprint density at radius 3 is 2.19 bits per heavy atom. The lowest BCUT2D eigenvalue weighted by Crippen LogP contribution is -2.32. The lowest BCUT2D eigenvalue weighted by Gasteiger charge is -2.28. The molecule has 0 fully saturated rings. The van der Waals surface area contributed by atoms with Gasteiger partial charge in [0, 0.05) is 12.1 Å². The Bertz CT molecular complexity index is 1100. The summed E-state index contributed by atoms with van der Waals surface area (Å²) in [6.45, 7) is 4.84. The van der Waals surface area contributed by atoms with Crippen molar-refractivity contribution in [3.8, 4) is 5.75 Å². The summed E-state index contributed by atoms with van der Waals surface area (Å²) in [7, 11) is 1.62. The third-order valence-corrected chi connectivity index (χ3v) is 6.11. The molecule has 1 heterocycles. The van der Waals surface area contributed by atoms with Crippen molar-refractivity contribution in [1.82, 2.24) is 4.90 Å². The normalized spacial score (nSPS) is 16.2. The van der Waals surface area contributed by atoms with Gasteiger partial charge in [-0.25, -0.2) is 0 Å². The van der Waals surface area contributed by atoms with Gasteiger partial charge < -0.3 is 14.7 Å². The minimum absolute atomic E-state index is 0.179. The Kier molecular flexibility index (Phi) is 6.31. The van der Waals surface area contributed by atoms with Crippen LogP contribution < -0.4 is 4.74 Å². The van der Waals surface area contributed by atoms with Crippen LogP contribution in [0.25, 0.3) is 5.57 Å². The summed E-state index contributed by atoms with van der Waals surface area (Å²) in [5, 5.41) is 10.9. The quantitative estimate of drug-likeness (QED) is 0.510. The van der Waals surface area contributed by atoms with E-state index in [-0.39, 0.29) is 17.7 Å². The number of aliphatic hydroxyl groups excluding tert-OH is 1. The summed E-state index contributed by atoms with van der Waals surface area (Å²) in [6, 6.07) is 25.6. The monoisotopic (exact) mass is 427 g/mol. The maximum absolute atomic E-state index is 13.2. The Morgan fingerprint density at radius 2 is 1.59 bits per heavy atom. The molecule has 0 spiro atoms. The molecular formula is C28H29NO3. The van der Waals surface area contributed by atoms with Crippen LogP contribution >= 0.6 is 0 Å². The van der Waals surface area contributed by atoms with Gasteiger partial charge in [-0.15, -0.1) is 0 Å². The van der Waals surface area contributed by atoms with Crippen molar-refractivity contribution >= 4 is 11.5 Å². The summed E-state index contributed by atoms with van der Waals surface area (Å²) in [5.41, 5.74) is 4.85. The Morgan fingerprint density at radius 1 is 0.938 bits per heavy atom. The average Bonchev–Trinajstić information content (AvgIpc) is 3.08. The maximum atomic E-state index is 13.2. The van der Waals surface area contributed by atoms with Gasteiger partial charge in [0.15, 0.2) is 5.76 Å². The third-order valence-electron chi connectivity index (χ3n) is 6.11. The van der Waals surface area contributed by atoms with Crippen molar-refractivity contribution in [2.75, 3.05) is 13.7 Å². The maximum Gasteiger partial charge on any atom is 0.289 e. The van der Waals surface area contributed by atoms with Crippen LogP contribution in [0.3, 0.4) is 0 Å². The van der Waals surface area contributed by atoms with Crippen LogP contribution in [0, 0.1) is 0 Å². The number of carbonyl (C=O) groups excluding carboxylic acids is 1. The number of carbonyl (C=O) groups is 1. The van der Waals surface area contributed by atoms with Crippen LogP contribution in [0.15, 0.2) is 84.6 Å². The van der Waals surface area contributed by atoms with Crippen LogP contribution in [0.5, 0.6) is 5.75 Å². The van der Waals surface area contributed by atoms with Crippen molar-refractivity contribution in [2.24, 2.45) is 0 Å². The molecule has 0 radical (unpaired) electrons. The molecule has 4 heteroatoms. The summed E-state index contributed by atoms with van der Waals surface area (Å²) in [4.78, 5) is 15.0. The summed E-state index contributed by atoms with van der Waals surface area (Å²) < 4.78 is 5.28. The Hall–Kier alpha value is -3.53. The van der Waals surface area contributed by atoms with Gasteiger partial charge in [-0.1, -0.05) is 80.6 Å². The lowest BCUT2D eigenvalue weighted by atomic mass is 9.91. The van der Waals surface area contributed by atoms with Crippen LogP contribution in [-0.4, -0.2) is 29.6 Å². The molecule has 1 N–H and O–H groups in total. The van der Waals surface area contributed by atoms with Gasteiger partial charge in [0.25, 0.3) is 5.91 Å². The fourth-order valence-electron chi connectivity index (χ4n) is 4.25. The molecule has 3 aromatic carbocycles. The first kappa shape index (κ1) is 21.7. The molecule has 4 rings (SSSR count). The molecule has 1 aliphatic heterocycles. The van der Waals surface area contributed by atoms with E-state index < -0.39 is 0 Å². The fraction of sp³-hybridized carbons (Fsp3) is 0.250. The zero-order chi connectivity index (χ0) is 22.7. The largest absolute Gasteiger partial charge is 0.503 e. The summed E-state index contributed by atoms with van der Waals surface area (Å²) >= 11 is 0. The van der Waals surface area contributed by atoms with Gasteiger partial charge in [-0.05, 0) is 46.7 Å². The van der Waals surface area contributed by atoms with Crippen LogP contribution in [0.2, 0.25) is 0 Å². The van der Waals surface area contributed by atoms with Crippen molar-refractivity contribution in [3.05, 3.63) is 107 Å². The zero-order valence-electron chi connectivity index (χ0n) is 18.8. The van der Waals surface area contributed by atoms with Crippen molar-refractivity contribution in [1.29, 1.82) is 0 Å². The van der Waals surface area contributed by atoms with Crippen molar-refractivity contribution in [2.45, 2.75) is 32.2 Å². The second-order valence-corrected chi connectivity index (χ2v) is 8.45. The highest BCUT2D eigenvalue weighted by Crippen LogP contribution is 2.43. The molecule has 1 amide bonds. The molecule has 32 heavy (non-hydrogen) atoms. The molecule has 164 valence electrons. The van der Waals surface area contributed by atoms with Crippen LogP contribution in [0.4, 0.5) is 0 Å². The number of hydrogen-bond acceptors (Lipinski definition) is 3. The second kappa shape index (κ2) is 9.31.